The molecule has 1 unspecified atom stereocenters. The second kappa shape index (κ2) is 12.0. The van der Waals surface area contributed by atoms with Crippen molar-refractivity contribution in [1.82, 2.24) is 19.6 Å². The number of likely N-dealkylation sites (tertiary alicyclic amines) is 1. The highest BCUT2D eigenvalue weighted by molar-refractivity contribution is 6.44. The summed E-state index contributed by atoms with van der Waals surface area (Å²) in [5.41, 5.74) is 3.07. The third-order valence-electron chi connectivity index (χ3n) is 7.70. The van der Waals surface area contributed by atoms with Crippen molar-refractivity contribution in [2.45, 2.75) is 50.5 Å². The third kappa shape index (κ3) is 6.40. The lowest BCUT2D eigenvalue weighted by molar-refractivity contribution is -0.129. The summed E-state index contributed by atoms with van der Waals surface area (Å²) in [4.78, 5) is 30.1. The van der Waals surface area contributed by atoms with Crippen LogP contribution in [0.25, 0.3) is 5.69 Å². The summed E-state index contributed by atoms with van der Waals surface area (Å²) in [5.74, 6) is 1.03. The number of likely N-dealkylation sites (N-methyl/N-ethyl adjacent to an activating group) is 1. The van der Waals surface area contributed by atoms with Gasteiger partial charge in [-0.25, -0.2) is 9.48 Å². The van der Waals surface area contributed by atoms with Crippen molar-refractivity contribution in [1.29, 1.82) is 0 Å². The normalized spacial score (nSPS) is 17.7. The molecule has 1 saturated heterocycles. The number of nitrogens with one attached hydrogen (secondary N) is 2. The minimum Gasteiger partial charge on any atom is -0.341 e. The number of carbonyl (C=O) groups excluding carboxylic acids is 2. The molecule has 1 aliphatic heterocycles. The van der Waals surface area contributed by atoms with Crippen LogP contribution >= 0.6 is 23.2 Å². The highest BCUT2D eigenvalue weighted by atomic mass is 35.5. The maximum absolute atomic E-state index is 13.0. The van der Waals surface area contributed by atoms with Crippen LogP contribution in [0.4, 0.5) is 16.3 Å². The first-order valence-corrected chi connectivity index (χ1v) is 14.2. The van der Waals surface area contributed by atoms with E-state index in [4.69, 9.17) is 28.3 Å². The van der Waals surface area contributed by atoms with Crippen molar-refractivity contribution in [3.63, 3.8) is 0 Å². The number of aromatic nitrogens is 2. The van der Waals surface area contributed by atoms with Gasteiger partial charge in [-0.15, -0.1) is 0 Å². The number of urea groups is 1. The van der Waals surface area contributed by atoms with E-state index in [1.54, 1.807) is 22.9 Å². The van der Waals surface area contributed by atoms with Crippen LogP contribution in [0.2, 0.25) is 10.0 Å². The second-order valence-electron chi connectivity index (χ2n) is 10.6. The monoisotopic (exact) mass is 568 g/mol. The largest absolute Gasteiger partial charge is 0.341 e. The van der Waals surface area contributed by atoms with E-state index in [1.807, 2.05) is 35.2 Å². The van der Waals surface area contributed by atoms with E-state index in [0.717, 1.165) is 49.3 Å². The molecule has 2 aromatic carbocycles. The Balaban J connectivity index is 1.36. The second-order valence-corrected chi connectivity index (χ2v) is 11.4. The Labute approximate surface area is 239 Å². The van der Waals surface area contributed by atoms with Crippen LogP contribution < -0.4 is 10.6 Å². The number of halogens is 2. The summed E-state index contributed by atoms with van der Waals surface area (Å²) >= 11 is 12.4. The molecule has 10 heteroatoms. The lowest BCUT2D eigenvalue weighted by Gasteiger charge is -2.20. The number of rotatable bonds is 7. The van der Waals surface area contributed by atoms with E-state index < -0.39 is 6.03 Å². The maximum atomic E-state index is 13.0. The lowest BCUT2D eigenvalue weighted by atomic mass is 10.0. The number of nitrogens with zero attached hydrogens (tertiary/aromatic N) is 4. The molecule has 0 bridgehead atoms. The van der Waals surface area contributed by atoms with Crippen LogP contribution in [0.15, 0.2) is 48.5 Å². The molecule has 5 rings (SSSR count). The zero-order valence-corrected chi connectivity index (χ0v) is 23.8. The Morgan fingerprint density at radius 2 is 1.79 bits per heavy atom. The Hall–Kier alpha value is -3.07. The fourth-order valence-electron chi connectivity index (χ4n) is 5.45. The quantitative estimate of drug-likeness (QED) is 0.356. The van der Waals surface area contributed by atoms with Crippen LogP contribution in [0, 0.1) is 0 Å². The number of anilines is 2. The average Bonchev–Trinajstić information content (AvgIpc) is 3.68. The van der Waals surface area contributed by atoms with Crippen molar-refractivity contribution in [2.24, 2.45) is 0 Å². The van der Waals surface area contributed by atoms with Gasteiger partial charge in [0.05, 0.1) is 33.5 Å². The summed E-state index contributed by atoms with van der Waals surface area (Å²) in [6, 6.07) is 14.8. The van der Waals surface area contributed by atoms with Gasteiger partial charge < -0.3 is 15.1 Å². The molecule has 1 aliphatic carbocycles. The van der Waals surface area contributed by atoms with Crippen LogP contribution in [-0.4, -0.2) is 64.7 Å². The fourth-order valence-corrected chi connectivity index (χ4v) is 5.80. The summed E-state index contributed by atoms with van der Waals surface area (Å²) < 4.78 is 1.75. The molecule has 2 fully saturated rings. The molecular formula is C29H34Cl2N6O2. The van der Waals surface area contributed by atoms with Crippen LogP contribution in [0.1, 0.15) is 49.3 Å². The molecule has 206 valence electrons. The Bertz CT molecular complexity index is 1350. The number of amides is 3. The molecule has 2 heterocycles. The fraction of sp³-hybridized carbons (Fsp3) is 0.414. The van der Waals surface area contributed by atoms with E-state index in [2.05, 4.69) is 29.6 Å². The Morgan fingerprint density at radius 3 is 2.54 bits per heavy atom. The van der Waals surface area contributed by atoms with Gasteiger partial charge >= 0.3 is 6.03 Å². The molecule has 1 atom stereocenters. The molecule has 39 heavy (non-hydrogen) atoms. The summed E-state index contributed by atoms with van der Waals surface area (Å²) in [6.45, 7) is 1.54. The SMILES string of the molecule is CN(C)C1CCN(C(=O)Cc2cccc(-n3nc(C4CCCC4)cc3NC(=O)Nc3cccc(Cl)c3Cl)c2)C1. The zero-order chi connectivity index (χ0) is 27.5. The van der Waals surface area contributed by atoms with Crippen molar-refractivity contribution >= 4 is 46.6 Å². The van der Waals surface area contributed by atoms with E-state index in [-0.39, 0.29) is 10.9 Å². The molecule has 2 aliphatic rings. The van der Waals surface area contributed by atoms with E-state index in [9.17, 15) is 9.59 Å². The predicted octanol–water partition coefficient (Wildman–Crippen LogP) is 6.19. The molecule has 1 aromatic heterocycles. The highest BCUT2D eigenvalue weighted by Crippen LogP contribution is 2.35. The van der Waals surface area contributed by atoms with E-state index in [1.165, 1.54) is 12.8 Å². The van der Waals surface area contributed by atoms with Crippen molar-refractivity contribution in [3.8, 4) is 5.69 Å². The van der Waals surface area contributed by atoms with Gasteiger partial charge in [-0.05, 0) is 63.2 Å². The van der Waals surface area contributed by atoms with Crippen molar-refractivity contribution in [3.05, 3.63) is 69.8 Å². The summed E-state index contributed by atoms with van der Waals surface area (Å²) in [6.07, 6.45) is 5.83. The minimum atomic E-state index is -0.450. The minimum absolute atomic E-state index is 0.125. The van der Waals surface area contributed by atoms with Crippen LogP contribution in [0.5, 0.6) is 0 Å². The average molecular weight is 570 g/mol. The molecule has 0 radical (unpaired) electrons. The third-order valence-corrected chi connectivity index (χ3v) is 8.52. The zero-order valence-electron chi connectivity index (χ0n) is 22.3. The van der Waals surface area contributed by atoms with Gasteiger partial charge in [-0.1, -0.05) is 54.2 Å². The Kier molecular flexibility index (Phi) is 8.45. The highest BCUT2D eigenvalue weighted by Gasteiger charge is 2.27. The van der Waals surface area contributed by atoms with E-state index in [0.29, 0.717) is 34.9 Å². The molecule has 8 nitrogen and oxygen atoms in total. The molecule has 0 spiro atoms. The van der Waals surface area contributed by atoms with E-state index >= 15 is 0 Å². The number of hydrogen-bond acceptors (Lipinski definition) is 4. The van der Waals surface area contributed by atoms with Crippen LogP contribution in [-0.2, 0) is 11.2 Å². The summed E-state index contributed by atoms with van der Waals surface area (Å²) in [5, 5.41) is 11.3. The number of benzene rings is 2. The first kappa shape index (κ1) is 27.5. The molecule has 1 saturated carbocycles. The van der Waals surface area contributed by atoms with Gasteiger partial charge in [0.25, 0.3) is 0 Å². The first-order chi connectivity index (χ1) is 18.8. The molecular weight excluding hydrogens is 535 g/mol. The predicted molar refractivity (Wildman–Crippen MR) is 156 cm³/mol. The van der Waals surface area contributed by atoms with Gasteiger partial charge in [0.1, 0.15) is 5.82 Å². The van der Waals surface area contributed by atoms with Crippen molar-refractivity contribution < 1.29 is 9.59 Å². The molecule has 3 aromatic rings. The van der Waals surface area contributed by atoms with Gasteiger partial charge in [-0.3, -0.25) is 10.1 Å². The van der Waals surface area contributed by atoms with Gasteiger partial charge in [0.2, 0.25) is 5.91 Å². The molecule has 3 amide bonds. The standard InChI is InChI=1S/C29H34Cl2N6O2/c1-35(2)22-13-14-36(18-22)27(38)16-19-7-5-10-21(15-19)37-26(17-25(34-37)20-8-3-4-9-20)33-29(39)32-24-12-6-11-23(30)28(24)31/h5-7,10-12,15,17,20,22H,3-4,8-9,13-14,16,18H2,1-2H3,(H2,32,33,39). The van der Waals surface area contributed by atoms with Crippen LogP contribution in [0.3, 0.4) is 0 Å². The Morgan fingerprint density at radius 1 is 1.03 bits per heavy atom. The summed E-state index contributed by atoms with van der Waals surface area (Å²) in [7, 11) is 4.11. The van der Waals surface area contributed by atoms with Gasteiger partial charge in [-0.2, -0.15) is 5.10 Å². The lowest BCUT2D eigenvalue weighted by Crippen LogP contribution is -2.35. The van der Waals surface area contributed by atoms with Crippen molar-refractivity contribution in [2.75, 3.05) is 37.8 Å². The number of carbonyl (C=O) groups is 2. The first-order valence-electron chi connectivity index (χ1n) is 13.4. The smallest absolute Gasteiger partial charge is 0.324 e. The molecule has 2 N–H and O–H groups in total. The van der Waals surface area contributed by atoms with Gasteiger partial charge in [0.15, 0.2) is 0 Å². The maximum Gasteiger partial charge on any atom is 0.324 e. The number of hydrogen-bond donors (Lipinski definition) is 2. The van der Waals surface area contributed by atoms with Gasteiger partial charge in [0, 0.05) is 31.1 Å². The topological polar surface area (TPSA) is 82.5 Å².